The maximum Gasteiger partial charge on any atom is 0.407 e. The van der Waals surface area contributed by atoms with E-state index in [4.69, 9.17) is 10.5 Å². The summed E-state index contributed by atoms with van der Waals surface area (Å²) < 4.78 is 5.98. The van der Waals surface area contributed by atoms with Crippen molar-refractivity contribution in [2.75, 3.05) is 12.3 Å². The number of fused-ring (bicyclic) bond motifs is 3. The van der Waals surface area contributed by atoms with Crippen LogP contribution in [0.5, 0.6) is 0 Å². The van der Waals surface area contributed by atoms with E-state index in [1.165, 1.54) is 11.3 Å². The van der Waals surface area contributed by atoms with E-state index < -0.39 is 11.7 Å². The van der Waals surface area contributed by atoms with Crippen LogP contribution in [0.15, 0.2) is 40.5 Å². The number of anilines is 1. The summed E-state index contributed by atoms with van der Waals surface area (Å²) in [6.07, 6.45) is -0.426. The van der Waals surface area contributed by atoms with Gasteiger partial charge in [0.2, 0.25) is 0 Å². The third-order valence-corrected chi connectivity index (χ3v) is 6.42. The zero-order valence-electron chi connectivity index (χ0n) is 19.4. The van der Waals surface area contributed by atoms with Crippen LogP contribution in [0.3, 0.4) is 0 Å². The van der Waals surface area contributed by atoms with Crippen LogP contribution in [-0.2, 0) is 4.74 Å². The number of aromatic amines is 1. The normalized spacial score (nSPS) is 12.8. The van der Waals surface area contributed by atoms with Gasteiger partial charge in [-0.2, -0.15) is 0 Å². The topological polar surface area (TPSA) is 110 Å². The predicted molar refractivity (Wildman–Crippen MR) is 135 cm³/mol. The van der Waals surface area contributed by atoms with Gasteiger partial charge in [-0.05, 0) is 56.2 Å². The number of nitrogen functional groups attached to an aromatic ring is 1. The van der Waals surface area contributed by atoms with Crippen LogP contribution >= 0.6 is 11.3 Å². The number of ether oxygens (including phenoxy) is 1. The fourth-order valence-corrected chi connectivity index (χ4v) is 4.74. The first kappa shape index (κ1) is 22.8. The molecule has 0 unspecified atom stereocenters. The molecule has 7 nitrogen and oxygen atoms in total. The Bertz CT molecular complexity index is 1400. The third kappa shape index (κ3) is 4.57. The Morgan fingerprint density at radius 1 is 1.24 bits per heavy atom. The molecule has 0 saturated carbocycles. The fourth-order valence-electron chi connectivity index (χ4n) is 3.94. The predicted octanol–water partition coefficient (Wildman–Crippen LogP) is 5.32. The first-order valence-electron chi connectivity index (χ1n) is 10.8. The van der Waals surface area contributed by atoms with E-state index in [0.29, 0.717) is 28.3 Å². The molecule has 0 bridgehead atoms. The zero-order valence-corrected chi connectivity index (χ0v) is 20.2. The molecule has 1 aromatic carbocycles. The molecule has 0 spiro atoms. The van der Waals surface area contributed by atoms with Gasteiger partial charge in [0.1, 0.15) is 16.1 Å². The maximum absolute atomic E-state index is 12.5. The van der Waals surface area contributed by atoms with Crippen LogP contribution in [0.1, 0.15) is 44.9 Å². The highest BCUT2D eigenvalue weighted by molar-refractivity contribution is 7.17. The van der Waals surface area contributed by atoms with Gasteiger partial charge in [0, 0.05) is 22.9 Å². The summed E-state index contributed by atoms with van der Waals surface area (Å²) in [4.78, 5) is 31.9. The van der Waals surface area contributed by atoms with Crippen molar-refractivity contribution in [3.63, 3.8) is 0 Å². The number of thiophene rings is 1. The number of nitrogens with zero attached hydrogens (tertiary/aromatic N) is 1. The Kier molecular flexibility index (Phi) is 5.88. The summed E-state index contributed by atoms with van der Waals surface area (Å²) >= 11 is 1.41. The van der Waals surface area contributed by atoms with Crippen LogP contribution in [-0.4, -0.2) is 28.2 Å². The van der Waals surface area contributed by atoms with Crippen molar-refractivity contribution >= 4 is 44.2 Å². The molecule has 3 heterocycles. The van der Waals surface area contributed by atoms with E-state index in [1.807, 2.05) is 70.3 Å². The van der Waals surface area contributed by atoms with Crippen molar-refractivity contribution in [1.29, 1.82) is 0 Å². The highest BCUT2D eigenvalue weighted by Crippen LogP contribution is 2.38. The number of carbonyl (C=O) groups is 1. The number of carbonyl (C=O) groups excluding carboxylic acids is 1. The average molecular weight is 465 g/mol. The molecule has 1 amide bonds. The summed E-state index contributed by atoms with van der Waals surface area (Å²) in [6, 6.07) is 10.0. The molecule has 1 atom stereocenters. The lowest BCUT2D eigenvalue weighted by atomic mass is 9.95. The molecular weight excluding hydrogens is 436 g/mol. The summed E-state index contributed by atoms with van der Waals surface area (Å²) in [5.41, 5.74) is 9.93. The maximum atomic E-state index is 12.5. The molecule has 33 heavy (non-hydrogen) atoms. The van der Waals surface area contributed by atoms with Crippen LogP contribution in [0, 0.1) is 6.92 Å². The van der Waals surface area contributed by atoms with Crippen molar-refractivity contribution in [2.24, 2.45) is 0 Å². The van der Waals surface area contributed by atoms with Gasteiger partial charge in [-0.3, -0.25) is 4.79 Å². The molecule has 0 fully saturated rings. The number of aromatic nitrogens is 2. The fraction of sp³-hybridized carbons (Fsp3) is 0.320. The van der Waals surface area contributed by atoms with Crippen molar-refractivity contribution in [2.45, 2.75) is 46.1 Å². The minimum Gasteiger partial charge on any atom is -0.444 e. The molecule has 3 aromatic heterocycles. The summed E-state index contributed by atoms with van der Waals surface area (Å²) in [6.45, 7) is 9.86. The minimum absolute atomic E-state index is 0.0942. The van der Waals surface area contributed by atoms with Crippen LogP contribution < -0.4 is 16.6 Å². The summed E-state index contributed by atoms with van der Waals surface area (Å²) in [5.74, 6) is 0.517. The van der Waals surface area contributed by atoms with E-state index in [1.54, 1.807) is 0 Å². The smallest absolute Gasteiger partial charge is 0.407 e. The number of hydrogen-bond acceptors (Lipinski definition) is 6. The standard InChI is InChI=1S/C25H28N4O3S/c1-13(12-27-24(31)32-25(3,4)5)15-6-8-16(9-7-15)18-19-17-10-11-33-21(17)23(30)29-20(19)14(2)28-22(18)26/h6-11,13H,12H2,1-5H3,(H2,26,28)(H,27,31)(H,29,30)/t13-/m0/s1. The van der Waals surface area contributed by atoms with Gasteiger partial charge in [0.15, 0.2) is 0 Å². The number of hydrogen-bond donors (Lipinski definition) is 3. The average Bonchev–Trinajstić information content (AvgIpc) is 3.23. The van der Waals surface area contributed by atoms with Gasteiger partial charge < -0.3 is 20.8 Å². The van der Waals surface area contributed by atoms with Gasteiger partial charge in [0.05, 0.1) is 11.2 Å². The number of rotatable bonds is 4. The minimum atomic E-state index is -0.530. The quantitative estimate of drug-likeness (QED) is 0.378. The molecular formula is C25H28N4O3S. The highest BCUT2D eigenvalue weighted by atomic mass is 32.1. The van der Waals surface area contributed by atoms with Crippen molar-refractivity contribution < 1.29 is 9.53 Å². The Hall–Kier alpha value is -3.39. The van der Waals surface area contributed by atoms with E-state index in [9.17, 15) is 9.59 Å². The van der Waals surface area contributed by atoms with Gasteiger partial charge in [-0.1, -0.05) is 31.2 Å². The SMILES string of the molecule is Cc1nc(N)c(-c2ccc([C@@H](C)CNC(=O)OC(C)(C)C)cc2)c2c1[nH]c(=O)c1sccc12. The Labute approximate surface area is 196 Å². The molecule has 0 radical (unpaired) electrons. The van der Waals surface area contributed by atoms with E-state index >= 15 is 0 Å². The molecule has 0 aliphatic carbocycles. The van der Waals surface area contributed by atoms with Crippen LogP contribution in [0.25, 0.3) is 32.1 Å². The number of benzene rings is 1. The van der Waals surface area contributed by atoms with Crippen molar-refractivity contribution in [3.8, 4) is 11.1 Å². The van der Waals surface area contributed by atoms with Gasteiger partial charge >= 0.3 is 6.09 Å². The zero-order chi connectivity index (χ0) is 23.9. The molecule has 172 valence electrons. The lowest BCUT2D eigenvalue weighted by molar-refractivity contribution is 0.0525. The van der Waals surface area contributed by atoms with Crippen LogP contribution in [0.4, 0.5) is 10.6 Å². The second kappa shape index (κ2) is 8.51. The highest BCUT2D eigenvalue weighted by Gasteiger charge is 2.19. The van der Waals surface area contributed by atoms with E-state index in [0.717, 1.165) is 27.5 Å². The van der Waals surface area contributed by atoms with Crippen LogP contribution in [0.2, 0.25) is 0 Å². The monoisotopic (exact) mass is 464 g/mol. The number of alkyl carbamates (subject to hydrolysis) is 1. The number of amides is 1. The largest absolute Gasteiger partial charge is 0.444 e. The summed E-state index contributed by atoms with van der Waals surface area (Å²) in [5, 5.41) is 6.52. The number of aryl methyl sites for hydroxylation is 1. The lowest BCUT2D eigenvalue weighted by Gasteiger charge is -2.21. The number of nitrogens with two attached hydrogens (primary N) is 1. The molecule has 0 aliphatic heterocycles. The number of pyridine rings is 2. The Morgan fingerprint density at radius 3 is 2.61 bits per heavy atom. The van der Waals surface area contributed by atoms with Gasteiger partial charge in [-0.15, -0.1) is 11.3 Å². The molecule has 8 heteroatoms. The lowest BCUT2D eigenvalue weighted by Crippen LogP contribution is -2.34. The van der Waals surface area contributed by atoms with E-state index in [-0.39, 0.29) is 11.5 Å². The third-order valence-electron chi connectivity index (χ3n) is 5.51. The molecule has 0 saturated heterocycles. The second-order valence-corrected chi connectivity index (χ2v) is 10.1. The summed E-state index contributed by atoms with van der Waals surface area (Å²) in [7, 11) is 0. The molecule has 0 aliphatic rings. The first-order chi connectivity index (χ1) is 15.5. The molecule has 4 N–H and O–H groups in total. The number of H-pyrrole nitrogens is 1. The number of nitrogens with one attached hydrogen (secondary N) is 2. The first-order valence-corrected chi connectivity index (χ1v) is 11.7. The Morgan fingerprint density at radius 2 is 1.94 bits per heavy atom. The van der Waals surface area contributed by atoms with Gasteiger partial charge in [0.25, 0.3) is 5.56 Å². The Balaban J connectivity index is 1.67. The van der Waals surface area contributed by atoms with Gasteiger partial charge in [-0.25, -0.2) is 9.78 Å². The molecule has 4 aromatic rings. The molecule has 4 rings (SSSR count). The van der Waals surface area contributed by atoms with Crippen molar-refractivity contribution in [3.05, 3.63) is 57.3 Å². The van der Waals surface area contributed by atoms with E-state index in [2.05, 4.69) is 15.3 Å². The second-order valence-electron chi connectivity index (χ2n) is 9.23. The van der Waals surface area contributed by atoms with Crippen molar-refractivity contribution in [1.82, 2.24) is 15.3 Å².